The van der Waals surface area contributed by atoms with Crippen molar-refractivity contribution < 1.29 is 13.2 Å². The van der Waals surface area contributed by atoms with Crippen molar-refractivity contribution in [3.8, 4) is 0 Å². The van der Waals surface area contributed by atoms with Gasteiger partial charge in [0.2, 0.25) is 10.0 Å². The van der Waals surface area contributed by atoms with Gasteiger partial charge in [-0.1, -0.05) is 18.2 Å². The van der Waals surface area contributed by atoms with Crippen LogP contribution in [0.2, 0.25) is 0 Å². The molecule has 29 heavy (non-hydrogen) atoms. The number of sulfonamides is 1. The number of carbonyl (C=O) groups excluding carboxylic acids is 1. The fraction of sp³-hybridized carbons (Fsp3) is 0.500. The number of nitrogens with zero attached hydrogens (tertiary/aromatic N) is 3. The zero-order chi connectivity index (χ0) is 20.8. The van der Waals surface area contributed by atoms with Crippen LogP contribution in [0.3, 0.4) is 0 Å². The topological polar surface area (TPSA) is 62.6 Å². The largest absolute Gasteiger partial charge is 0.345 e. The number of aromatic nitrogens is 1. The first-order chi connectivity index (χ1) is 13.8. The molecule has 4 rings (SSSR count). The maximum atomic E-state index is 13.0. The summed E-state index contributed by atoms with van der Waals surface area (Å²) < 4.78 is 29.7. The molecule has 7 heteroatoms. The Hall–Kier alpha value is -1.96. The Morgan fingerprint density at radius 1 is 1.03 bits per heavy atom. The SMILES string of the molecule is Cc1ccccc1S(=O)(=O)N1CCN(CC(=O)c2cc(C)n(C3CC3)c2C)CC1. The molecule has 1 aromatic carbocycles. The van der Waals surface area contributed by atoms with Gasteiger partial charge in [-0.05, 0) is 51.3 Å². The lowest BCUT2D eigenvalue weighted by atomic mass is 10.1. The summed E-state index contributed by atoms with van der Waals surface area (Å²) in [4.78, 5) is 15.3. The Kier molecular flexibility index (Phi) is 5.40. The van der Waals surface area contributed by atoms with Crippen molar-refractivity contribution in [2.45, 2.75) is 44.6 Å². The van der Waals surface area contributed by atoms with Crippen LogP contribution in [0.25, 0.3) is 0 Å². The highest BCUT2D eigenvalue weighted by atomic mass is 32.2. The number of benzene rings is 1. The van der Waals surface area contributed by atoms with E-state index in [0.717, 1.165) is 22.5 Å². The molecule has 0 unspecified atom stereocenters. The predicted octanol–water partition coefficient (Wildman–Crippen LogP) is 2.94. The summed E-state index contributed by atoms with van der Waals surface area (Å²) in [7, 11) is -3.49. The van der Waals surface area contributed by atoms with Gasteiger partial charge in [-0.25, -0.2) is 8.42 Å². The standard InChI is InChI=1S/C22H29N3O3S/c1-16-6-4-5-7-22(16)29(27,28)24-12-10-23(11-13-24)15-21(26)20-14-17(2)25(18(20)3)19-8-9-19/h4-7,14,19H,8-13,15H2,1-3H3. The zero-order valence-electron chi connectivity index (χ0n) is 17.4. The first-order valence-electron chi connectivity index (χ1n) is 10.3. The summed E-state index contributed by atoms with van der Waals surface area (Å²) in [5.74, 6) is 0.125. The van der Waals surface area contributed by atoms with Crippen molar-refractivity contribution in [2.24, 2.45) is 0 Å². The van der Waals surface area contributed by atoms with Crippen molar-refractivity contribution in [1.82, 2.24) is 13.8 Å². The summed E-state index contributed by atoms with van der Waals surface area (Å²) >= 11 is 0. The molecule has 0 spiro atoms. The molecule has 2 aromatic rings. The van der Waals surface area contributed by atoms with E-state index in [0.29, 0.717) is 43.7 Å². The van der Waals surface area contributed by atoms with Crippen LogP contribution in [-0.2, 0) is 10.0 Å². The van der Waals surface area contributed by atoms with Crippen LogP contribution in [-0.4, -0.2) is 60.7 Å². The first kappa shape index (κ1) is 20.3. The van der Waals surface area contributed by atoms with Crippen LogP contribution in [0.1, 0.15) is 46.2 Å². The fourth-order valence-corrected chi connectivity index (χ4v) is 6.00. The van der Waals surface area contributed by atoms with E-state index in [-0.39, 0.29) is 5.78 Å². The third-order valence-electron chi connectivity index (χ3n) is 6.11. The molecule has 0 amide bonds. The number of Topliss-reactive ketones (excluding diaryl/α,β-unsaturated/α-hetero) is 1. The average Bonchev–Trinajstić information content (AvgIpc) is 3.47. The molecule has 156 valence electrons. The van der Waals surface area contributed by atoms with Gasteiger partial charge >= 0.3 is 0 Å². The predicted molar refractivity (Wildman–Crippen MR) is 113 cm³/mol. The molecule has 0 bridgehead atoms. The molecule has 2 heterocycles. The molecule has 2 aliphatic rings. The molecule has 1 aromatic heterocycles. The van der Waals surface area contributed by atoms with Crippen LogP contribution in [0.4, 0.5) is 0 Å². The van der Waals surface area contributed by atoms with Crippen molar-refractivity contribution in [3.63, 3.8) is 0 Å². The van der Waals surface area contributed by atoms with E-state index in [2.05, 4.69) is 16.4 Å². The lowest BCUT2D eigenvalue weighted by Crippen LogP contribution is -2.49. The van der Waals surface area contributed by atoms with Crippen molar-refractivity contribution in [1.29, 1.82) is 0 Å². The fourth-order valence-electron chi connectivity index (χ4n) is 4.36. The van der Waals surface area contributed by atoms with Gasteiger partial charge in [-0.15, -0.1) is 0 Å². The molecule has 1 aliphatic carbocycles. The van der Waals surface area contributed by atoms with Gasteiger partial charge in [0.1, 0.15) is 0 Å². The van der Waals surface area contributed by atoms with E-state index < -0.39 is 10.0 Å². The number of rotatable bonds is 6. The Balaban J connectivity index is 1.40. The quantitative estimate of drug-likeness (QED) is 0.681. The summed E-state index contributed by atoms with van der Waals surface area (Å²) in [5, 5.41) is 0. The average molecular weight is 416 g/mol. The molecule has 1 aliphatic heterocycles. The number of aryl methyl sites for hydroxylation is 2. The second kappa shape index (κ2) is 7.70. The van der Waals surface area contributed by atoms with E-state index in [1.165, 1.54) is 17.1 Å². The van der Waals surface area contributed by atoms with Crippen LogP contribution < -0.4 is 0 Å². The van der Waals surface area contributed by atoms with E-state index in [1.54, 1.807) is 12.1 Å². The summed E-state index contributed by atoms with van der Waals surface area (Å²) in [6.45, 7) is 8.21. The minimum absolute atomic E-state index is 0.125. The molecule has 2 fully saturated rings. The number of piperazine rings is 1. The molecule has 0 radical (unpaired) electrons. The molecular weight excluding hydrogens is 386 g/mol. The van der Waals surface area contributed by atoms with Crippen molar-refractivity contribution in [3.05, 3.63) is 52.8 Å². The third kappa shape index (κ3) is 3.91. The summed E-state index contributed by atoms with van der Waals surface area (Å²) in [6.07, 6.45) is 2.39. The Morgan fingerprint density at radius 2 is 1.69 bits per heavy atom. The Morgan fingerprint density at radius 3 is 2.31 bits per heavy atom. The van der Waals surface area contributed by atoms with Gasteiger partial charge in [-0.3, -0.25) is 9.69 Å². The smallest absolute Gasteiger partial charge is 0.243 e. The third-order valence-corrected chi connectivity index (χ3v) is 8.17. The van der Waals surface area contributed by atoms with E-state index in [4.69, 9.17) is 0 Å². The lowest BCUT2D eigenvalue weighted by Gasteiger charge is -2.33. The monoisotopic (exact) mass is 415 g/mol. The maximum Gasteiger partial charge on any atom is 0.243 e. The molecule has 6 nitrogen and oxygen atoms in total. The van der Waals surface area contributed by atoms with Gasteiger partial charge in [0, 0.05) is 49.2 Å². The Bertz CT molecular complexity index is 1030. The van der Waals surface area contributed by atoms with Gasteiger partial charge in [0.15, 0.2) is 5.78 Å². The molecule has 0 atom stereocenters. The molecule has 1 saturated carbocycles. The lowest BCUT2D eigenvalue weighted by molar-refractivity contribution is 0.0901. The van der Waals surface area contributed by atoms with Crippen LogP contribution in [0.15, 0.2) is 35.2 Å². The highest BCUT2D eigenvalue weighted by molar-refractivity contribution is 7.89. The van der Waals surface area contributed by atoms with Crippen LogP contribution >= 0.6 is 0 Å². The number of ketones is 1. The van der Waals surface area contributed by atoms with E-state index in [1.807, 2.05) is 32.0 Å². The van der Waals surface area contributed by atoms with Gasteiger partial charge in [0.25, 0.3) is 0 Å². The summed E-state index contributed by atoms with van der Waals surface area (Å²) in [5.41, 5.74) is 3.79. The molecule has 0 N–H and O–H groups in total. The Labute approximate surface area is 173 Å². The van der Waals surface area contributed by atoms with Crippen LogP contribution in [0.5, 0.6) is 0 Å². The van der Waals surface area contributed by atoms with E-state index >= 15 is 0 Å². The molecular formula is C22H29N3O3S. The van der Waals surface area contributed by atoms with Gasteiger partial charge in [0.05, 0.1) is 11.4 Å². The maximum absolute atomic E-state index is 13.0. The summed E-state index contributed by atoms with van der Waals surface area (Å²) in [6, 6.07) is 9.66. The minimum atomic E-state index is -3.49. The number of carbonyl (C=O) groups is 1. The highest BCUT2D eigenvalue weighted by Crippen LogP contribution is 2.38. The zero-order valence-corrected chi connectivity index (χ0v) is 18.2. The number of hydrogen-bond acceptors (Lipinski definition) is 4. The number of hydrogen-bond donors (Lipinski definition) is 0. The normalized spacial score (nSPS) is 18.9. The minimum Gasteiger partial charge on any atom is -0.345 e. The first-order valence-corrected chi connectivity index (χ1v) is 11.7. The second-order valence-electron chi connectivity index (χ2n) is 8.25. The van der Waals surface area contributed by atoms with Crippen molar-refractivity contribution >= 4 is 15.8 Å². The van der Waals surface area contributed by atoms with Crippen LogP contribution in [0, 0.1) is 20.8 Å². The van der Waals surface area contributed by atoms with E-state index in [9.17, 15) is 13.2 Å². The molecule has 1 saturated heterocycles. The van der Waals surface area contributed by atoms with Crippen molar-refractivity contribution in [2.75, 3.05) is 32.7 Å². The highest BCUT2D eigenvalue weighted by Gasteiger charge is 2.31. The van der Waals surface area contributed by atoms with Gasteiger partial charge < -0.3 is 4.57 Å². The van der Waals surface area contributed by atoms with Gasteiger partial charge in [-0.2, -0.15) is 4.31 Å². The second-order valence-corrected chi connectivity index (χ2v) is 10.2.